The van der Waals surface area contributed by atoms with Gasteiger partial charge in [0, 0.05) is 29.9 Å². The van der Waals surface area contributed by atoms with Gasteiger partial charge < -0.3 is 19.9 Å². The molecule has 0 amide bonds. The Bertz CT molecular complexity index is 828. The first-order valence-corrected chi connectivity index (χ1v) is 8.96. The lowest BCUT2D eigenvalue weighted by molar-refractivity contribution is 0.207. The summed E-state index contributed by atoms with van der Waals surface area (Å²) in [4.78, 5) is 4.50. The lowest BCUT2D eigenvalue weighted by Crippen LogP contribution is -2.10. The number of rotatable bonds is 4. The fraction of sp³-hybridized carbons (Fsp3) is 0.286. The highest BCUT2D eigenvalue weighted by Crippen LogP contribution is 2.33. The number of ether oxygens (including phenoxy) is 2. The van der Waals surface area contributed by atoms with Crippen LogP contribution in [0.2, 0.25) is 0 Å². The number of allylic oxidation sites excluding steroid dienone is 4. The molecule has 1 atom stereocenters. The minimum atomic E-state index is -0.846. The van der Waals surface area contributed by atoms with Crippen molar-refractivity contribution in [3.63, 3.8) is 0 Å². The van der Waals surface area contributed by atoms with Gasteiger partial charge in [-0.1, -0.05) is 24.3 Å². The molecule has 0 fully saturated rings. The number of hydrogen-bond acceptors (Lipinski definition) is 5. The molecule has 0 spiro atoms. The molecule has 2 heterocycles. The van der Waals surface area contributed by atoms with Gasteiger partial charge in [-0.25, -0.2) is 0 Å². The summed E-state index contributed by atoms with van der Waals surface area (Å²) in [6.45, 7) is 1.29. The van der Waals surface area contributed by atoms with Crippen molar-refractivity contribution in [2.24, 2.45) is 0 Å². The summed E-state index contributed by atoms with van der Waals surface area (Å²) in [7, 11) is 0. The summed E-state index contributed by atoms with van der Waals surface area (Å²) in [5.41, 5.74) is 3.67. The van der Waals surface area contributed by atoms with Gasteiger partial charge >= 0.3 is 0 Å². The number of benzene rings is 1. The van der Waals surface area contributed by atoms with Gasteiger partial charge in [0.2, 0.25) is 0 Å². The van der Waals surface area contributed by atoms with Crippen LogP contribution in [0.25, 0.3) is 5.57 Å². The Balaban J connectivity index is 1.46. The van der Waals surface area contributed by atoms with Crippen LogP contribution in [0.1, 0.15) is 36.7 Å². The Morgan fingerprint density at radius 2 is 1.96 bits per heavy atom. The first-order chi connectivity index (χ1) is 12.8. The average Bonchev–Trinajstić information content (AvgIpc) is 2.94. The van der Waals surface area contributed by atoms with E-state index in [4.69, 9.17) is 9.47 Å². The predicted molar refractivity (Wildman–Crippen MR) is 101 cm³/mol. The second kappa shape index (κ2) is 7.62. The monoisotopic (exact) mass is 350 g/mol. The highest BCUT2D eigenvalue weighted by molar-refractivity contribution is 5.65. The molecule has 4 rings (SSSR count). The molecule has 0 bridgehead atoms. The molecule has 26 heavy (non-hydrogen) atoms. The van der Waals surface area contributed by atoms with Crippen molar-refractivity contribution >= 4 is 11.3 Å². The Kier molecular flexibility index (Phi) is 4.88. The molecule has 5 nitrogen and oxygen atoms in total. The Labute approximate surface area is 153 Å². The maximum atomic E-state index is 10.5. The smallest absolute Gasteiger partial charge is 0.163 e. The quantitative estimate of drug-likeness (QED) is 0.814. The molecule has 2 aliphatic rings. The van der Waals surface area contributed by atoms with Crippen LogP contribution < -0.4 is 14.8 Å². The van der Waals surface area contributed by atoms with Gasteiger partial charge in [-0.2, -0.15) is 0 Å². The van der Waals surface area contributed by atoms with Gasteiger partial charge in [-0.3, -0.25) is 4.98 Å². The van der Waals surface area contributed by atoms with Crippen LogP contribution in [0.15, 0.2) is 54.8 Å². The Morgan fingerprint density at radius 1 is 1.08 bits per heavy atom. The van der Waals surface area contributed by atoms with E-state index < -0.39 is 6.23 Å². The first kappa shape index (κ1) is 16.7. The number of hydrogen-bond donors (Lipinski definition) is 2. The number of nitrogens with zero attached hydrogens (tertiary/aromatic N) is 1. The van der Waals surface area contributed by atoms with Crippen molar-refractivity contribution in [1.82, 2.24) is 4.98 Å². The number of aliphatic hydroxyl groups excluding tert-OH is 1. The molecule has 134 valence electrons. The zero-order valence-electron chi connectivity index (χ0n) is 14.5. The molecule has 1 aliphatic carbocycles. The molecule has 1 aromatic heterocycles. The lowest BCUT2D eigenvalue weighted by Gasteiger charge is -2.16. The highest BCUT2D eigenvalue weighted by atomic mass is 16.5. The number of fused-ring (bicyclic) bond motifs is 1. The third-order valence-electron chi connectivity index (χ3n) is 4.50. The average molecular weight is 350 g/mol. The van der Waals surface area contributed by atoms with Crippen molar-refractivity contribution in [1.29, 1.82) is 0 Å². The van der Waals surface area contributed by atoms with Crippen molar-refractivity contribution in [2.45, 2.75) is 25.5 Å². The molecular formula is C21H22N2O3. The van der Waals surface area contributed by atoms with Crippen LogP contribution in [0.5, 0.6) is 11.5 Å². The van der Waals surface area contributed by atoms with Crippen molar-refractivity contribution in [3.8, 4) is 11.5 Å². The van der Waals surface area contributed by atoms with E-state index in [9.17, 15) is 5.11 Å². The summed E-state index contributed by atoms with van der Waals surface area (Å²) in [5, 5.41) is 13.6. The minimum Gasteiger partial charge on any atom is -0.490 e. The van der Waals surface area contributed by atoms with E-state index in [1.54, 1.807) is 6.20 Å². The fourth-order valence-corrected chi connectivity index (χ4v) is 3.07. The van der Waals surface area contributed by atoms with Crippen LogP contribution in [0.4, 0.5) is 5.69 Å². The minimum absolute atomic E-state index is 0.634. The van der Waals surface area contributed by atoms with Crippen LogP contribution >= 0.6 is 0 Å². The summed E-state index contributed by atoms with van der Waals surface area (Å²) in [6, 6.07) is 9.45. The molecule has 1 aromatic carbocycles. The molecule has 2 aromatic rings. The zero-order chi connectivity index (χ0) is 17.8. The maximum Gasteiger partial charge on any atom is 0.163 e. The molecule has 1 aliphatic heterocycles. The van der Waals surface area contributed by atoms with Crippen molar-refractivity contribution in [2.75, 3.05) is 18.5 Å². The standard InChI is InChI=1S/C21H22N2O3/c24-21(16-7-9-18(22-14-16)15-5-2-1-3-6-15)23-17-8-10-19-20(13-17)26-12-4-11-25-19/h1-2,5,7-10,13-14,21,23-24H,3-4,6,11-12H2. The zero-order valence-corrected chi connectivity index (χ0v) is 14.5. The van der Waals surface area contributed by atoms with Crippen LogP contribution in [0.3, 0.4) is 0 Å². The van der Waals surface area contributed by atoms with E-state index in [1.165, 1.54) is 5.57 Å². The molecule has 2 N–H and O–H groups in total. The molecule has 0 radical (unpaired) electrons. The molecule has 0 saturated heterocycles. The van der Waals surface area contributed by atoms with Crippen LogP contribution in [0, 0.1) is 0 Å². The highest BCUT2D eigenvalue weighted by Gasteiger charge is 2.14. The third kappa shape index (κ3) is 3.73. The second-order valence-electron chi connectivity index (χ2n) is 6.39. The van der Waals surface area contributed by atoms with Crippen molar-refractivity contribution in [3.05, 3.63) is 66.0 Å². The van der Waals surface area contributed by atoms with E-state index >= 15 is 0 Å². The van der Waals surface area contributed by atoms with Crippen LogP contribution in [-0.4, -0.2) is 23.3 Å². The maximum absolute atomic E-state index is 10.5. The predicted octanol–water partition coefficient (Wildman–Crippen LogP) is 4.08. The van der Waals surface area contributed by atoms with E-state index in [2.05, 4.69) is 28.5 Å². The van der Waals surface area contributed by atoms with Crippen molar-refractivity contribution < 1.29 is 14.6 Å². The van der Waals surface area contributed by atoms with Gasteiger partial charge in [0.25, 0.3) is 0 Å². The van der Waals surface area contributed by atoms with Gasteiger partial charge in [0.1, 0.15) is 0 Å². The van der Waals surface area contributed by atoms with Gasteiger partial charge in [-0.05, 0) is 36.6 Å². The summed E-state index contributed by atoms with van der Waals surface area (Å²) >= 11 is 0. The van der Waals surface area contributed by atoms with E-state index in [0.29, 0.717) is 24.5 Å². The number of pyridine rings is 1. The summed E-state index contributed by atoms with van der Waals surface area (Å²) in [5.74, 6) is 1.44. The van der Waals surface area contributed by atoms with Crippen LogP contribution in [-0.2, 0) is 0 Å². The fourth-order valence-electron chi connectivity index (χ4n) is 3.07. The number of anilines is 1. The van der Waals surface area contributed by atoms with E-state index in [1.807, 2.05) is 30.3 Å². The normalized spacial score (nSPS) is 17.2. The molecule has 0 saturated carbocycles. The van der Waals surface area contributed by atoms with E-state index in [-0.39, 0.29) is 0 Å². The van der Waals surface area contributed by atoms with Gasteiger partial charge in [0.15, 0.2) is 17.7 Å². The number of aromatic nitrogens is 1. The topological polar surface area (TPSA) is 63.6 Å². The molecule has 5 heteroatoms. The molecule has 1 unspecified atom stereocenters. The SMILES string of the molecule is OC(Nc1ccc2c(c1)OCCCO2)c1ccc(C2=CC=CCC2)nc1. The van der Waals surface area contributed by atoms with Gasteiger partial charge in [-0.15, -0.1) is 0 Å². The Morgan fingerprint density at radius 3 is 2.73 bits per heavy atom. The number of nitrogens with one attached hydrogen (secondary N) is 1. The first-order valence-electron chi connectivity index (χ1n) is 8.96. The summed E-state index contributed by atoms with van der Waals surface area (Å²) in [6.07, 6.45) is 10.1. The molecular weight excluding hydrogens is 328 g/mol. The lowest BCUT2D eigenvalue weighted by atomic mass is 10.0. The summed E-state index contributed by atoms with van der Waals surface area (Å²) < 4.78 is 11.3. The largest absolute Gasteiger partial charge is 0.490 e. The third-order valence-corrected chi connectivity index (χ3v) is 4.50. The number of aliphatic hydroxyl groups is 1. The second-order valence-corrected chi connectivity index (χ2v) is 6.39. The Hall–Kier alpha value is -2.79. The van der Waals surface area contributed by atoms with Gasteiger partial charge in [0.05, 0.1) is 18.9 Å². The van der Waals surface area contributed by atoms with E-state index in [0.717, 1.165) is 36.4 Å².